The molecule has 152 valence electrons. The maximum atomic E-state index is 12.1. The largest absolute Gasteiger partial charge is 0.502 e. The Morgan fingerprint density at radius 1 is 1.21 bits per heavy atom. The van der Waals surface area contributed by atoms with Crippen molar-refractivity contribution in [2.45, 2.75) is 26.2 Å². The number of unbranched alkanes of at least 4 members (excludes halogenated alkanes) is 1. The molecule has 3 rings (SSSR count). The summed E-state index contributed by atoms with van der Waals surface area (Å²) in [6.07, 6.45) is 5.79. The van der Waals surface area contributed by atoms with E-state index in [0.29, 0.717) is 16.9 Å². The highest BCUT2D eigenvalue weighted by molar-refractivity contribution is 6.20. The van der Waals surface area contributed by atoms with E-state index in [4.69, 9.17) is 9.47 Å². The maximum absolute atomic E-state index is 12.1. The number of phenols is 1. The lowest BCUT2D eigenvalue weighted by atomic mass is 10.0. The number of hydrogen-bond donors (Lipinski definition) is 2. The lowest BCUT2D eigenvalue weighted by Gasteiger charge is -2.11. The fourth-order valence-corrected chi connectivity index (χ4v) is 3.05. The Labute approximate surface area is 168 Å². The van der Waals surface area contributed by atoms with Gasteiger partial charge >= 0.3 is 5.97 Å². The van der Waals surface area contributed by atoms with Crippen molar-refractivity contribution < 1.29 is 24.5 Å². The number of benzene rings is 1. The number of carboxylic acid groups (broad SMARTS) is 1. The van der Waals surface area contributed by atoms with Crippen LogP contribution in [0.1, 0.15) is 36.7 Å². The average molecular weight is 397 g/mol. The number of aryl methyl sites for hydroxylation is 1. The summed E-state index contributed by atoms with van der Waals surface area (Å²) in [5.41, 5.74) is 2.35. The van der Waals surface area contributed by atoms with Crippen LogP contribution >= 0.6 is 0 Å². The van der Waals surface area contributed by atoms with Crippen molar-refractivity contribution in [2.24, 2.45) is 0 Å². The number of aromatic nitrogens is 3. The zero-order chi connectivity index (χ0) is 21.0. The Morgan fingerprint density at radius 2 is 1.90 bits per heavy atom. The molecule has 8 heteroatoms. The van der Waals surface area contributed by atoms with E-state index < -0.39 is 5.97 Å². The number of ether oxygens (including phenoxy) is 2. The first-order valence-corrected chi connectivity index (χ1v) is 9.22. The van der Waals surface area contributed by atoms with Crippen molar-refractivity contribution in [2.75, 3.05) is 14.2 Å². The smallest absolute Gasteiger partial charge is 0.337 e. The Morgan fingerprint density at radius 3 is 2.48 bits per heavy atom. The summed E-state index contributed by atoms with van der Waals surface area (Å²) in [6.45, 7) is 2.09. The molecule has 3 aromatic rings. The van der Waals surface area contributed by atoms with Gasteiger partial charge in [0.2, 0.25) is 5.75 Å². The number of aromatic hydroxyl groups is 1. The highest BCUT2D eigenvalue weighted by Crippen LogP contribution is 2.38. The summed E-state index contributed by atoms with van der Waals surface area (Å²) in [5, 5.41) is 24.2. The molecule has 29 heavy (non-hydrogen) atoms. The van der Waals surface area contributed by atoms with E-state index in [1.165, 1.54) is 24.8 Å². The van der Waals surface area contributed by atoms with Gasteiger partial charge in [0, 0.05) is 11.8 Å². The molecule has 0 aliphatic carbocycles. The number of carbonyl (C=O) groups is 1. The van der Waals surface area contributed by atoms with E-state index in [9.17, 15) is 15.0 Å². The molecule has 2 aromatic heterocycles. The highest BCUT2D eigenvalue weighted by atomic mass is 16.5. The topological polar surface area (TPSA) is 106 Å². The van der Waals surface area contributed by atoms with Crippen LogP contribution in [0.2, 0.25) is 0 Å². The molecule has 0 bridgehead atoms. The van der Waals surface area contributed by atoms with E-state index in [1.54, 1.807) is 30.5 Å². The van der Waals surface area contributed by atoms with Crippen molar-refractivity contribution >= 4 is 23.3 Å². The zero-order valence-corrected chi connectivity index (χ0v) is 16.5. The van der Waals surface area contributed by atoms with E-state index in [-0.39, 0.29) is 22.8 Å². The first kappa shape index (κ1) is 20.2. The van der Waals surface area contributed by atoms with Crippen molar-refractivity contribution in [1.82, 2.24) is 14.6 Å². The molecule has 0 spiro atoms. The summed E-state index contributed by atoms with van der Waals surface area (Å²) in [6, 6.07) is 6.58. The van der Waals surface area contributed by atoms with Gasteiger partial charge in [0.25, 0.3) is 0 Å². The van der Waals surface area contributed by atoms with Crippen LogP contribution in [-0.4, -0.2) is 45.0 Å². The minimum Gasteiger partial charge on any atom is -0.502 e. The van der Waals surface area contributed by atoms with Crippen LogP contribution in [-0.2, 0) is 11.2 Å². The number of methoxy groups -OCH3 is 2. The molecule has 2 N–H and O–H groups in total. The number of rotatable bonds is 8. The third kappa shape index (κ3) is 4.16. The summed E-state index contributed by atoms with van der Waals surface area (Å²) in [5.74, 6) is -0.893. The van der Waals surface area contributed by atoms with Gasteiger partial charge in [-0.2, -0.15) is 5.10 Å². The second-order valence-electron chi connectivity index (χ2n) is 6.47. The number of aliphatic carboxylic acids is 1. The second-order valence-corrected chi connectivity index (χ2v) is 6.47. The van der Waals surface area contributed by atoms with Crippen LogP contribution in [0.5, 0.6) is 17.2 Å². The number of carboxylic acids is 1. The van der Waals surface area contributed by atoms with Gasteiger partial charge in [-0.15, -0.1) is 0 Å². The van der Waals surface area contributed by atoms with Gasteiger partial charge in [-0.05, 0) is 42.7 Å². The minimum atomic E-state index is -1.11. The predicted molar refractivity (Wildman–Crippen MR) is 108 cm³/mol. The normalized spacial score (nSPS) is 11.6. The SMILES string of the molecule is CCCCc1cc(/C(=C/c2cc(OC)c(O)c(OC)c2)C(=O)O)n2nccc2n1. The highest BCUT2D eigenvalue weighted by Gasteiger charge is 2.18. The van der Waals surface area contributed by atoms with Crippen LogP contribution in [0.15, 0.2) is 30.5 Å². The molecule has 0 saturated carbocycles. The molecule has 0 fully saturated rings. The van der Waals surface area contributed by atoms with Crippen LogP contribution in [0, 0.1) is 0 Å². The quantitative estimate of drug-likeness (QED) is 0.561. The van der Waals surface area contributed by atoms with Crippen molar-refractivity contribution in [3.05, 3.63) is 47.4 Å². The first-order valence-electron chi connectivity index (χ1n) is 9.22. The van der Waals surface area contributed by atoms with Crippen LogP contribution in [0.3, 0.4) is 0 Å². The third-order valence-corrected chi connectivity index (χ3v) is 4.52. The maximum Gasteiger partial charge on any atom is 0.337 e. The fraction of sp³-hybridized carbons (Fsp3) is 0.286. The van der Waals surface area contributed by atoms with Crippen LogP contribution in [0.4, 0.5) is 0 Å². The zero-order valence-electron chi connectivity index (χ0n) is 16.5. The molecular formula is C21H23N3O5. The fourth-order valence-electron chi connectivity index (χ4n) is 3.05. The molecule has 0 amide bonds. The van der Waals surface area contributed by atoms with Gasteiger partial charge in [0.15, 0.2) is 17.1 Å². The lowest BCUT2D eigenvalue weighted by molar-refractivity contribution is -0.130. The Kier molecular flexibility index (Phi) is 6.01. The van der Waals surface area contributed by atoms with Gasteiger partial charge in [-0.25, -0.2) is 14.3 Å². The molecular weight excluding hydrogens is 374 g/mol. The van der Waals surface area contributed by atoms with Crippen molar-refractivity contribution in [1.29, 1.82) is 0 Å². The van der Waals surface area contributed by atoms with Crippen LogP contribution in [0.25, 0.3) is 17.3 Å². The van der Waals surface area contributed by atoms with Gasteiger partial charge in [-0.1, -0.05) is 13.3 Å². The number of phenolic OH excluding ortho intramolecular Hbond substituents is 1. The molecule has 2 heterocycles. The molecule has 0 radical (unpaired) electrons. The minimum absolute atomic E-state index is 0.0358. The van der Waals surface area contributed by atoms with Crippen LogP contribution < -0.4 is 9.47 Å². The molecule has 0 aliphatic rings. The van der Waals surface area contributed by atoms with Gasteiger partial charge in [-0.3, -0.25) is 0 Å². The third-order valence-electron chi connectivity index (χ3n) is 4.52. The molecule has 0 unspecified atom stereocenters. The first-order chi connectivity index (χ1) is 14.0. The number of fused-ring (bicyclic) bond motifs is 1. The molecule has 1 aromatic carbocycles. The summed E-state index contributed by atoms with van der Waals surface area (Å²) in [7, 11) is 2.83. The van der Waals surface area contributed by atoms with Gasteiger partial charge < -0.3 is 19.7 Å². The van der Waals surface area contributed by atoms with E-state index in [2.05, 4.69) is 17.0 Å². The Hall–Kier alpha value is -3.55. The van der Waals surface area contributed by atoms with E-state index in [0.717, 1.165) is 25.0 Å². The summed E-state index contributed by atoms with van der Waals surface area (Å²) in [4.78, 5) is 16.7. The summed E-state index contributed by atoms with van der Waals surface area (Å²) < 4.78 is 11.8. The van der Waals surface area contributed by atoms with Crippen molar-refractivity contribution in [3.8, 4) is 17.2 Å². The van der Waals surface area contributed by atoms with E-state index in [1.807, 2.05) is 0 Å². The van der Waals surface area contributed by atoms with Gasteiger partial charge in [0.1, 0.15) is 0 Å². The molecule has 8 nitrogen and oxygen atoms in total. The molecule has 0 atom stereocenters. The Bertz CT molecular complexity index is 1050. The molecule has 0 aliphatic heterocycles. The Balaban J connectivity index is 2.19. The van der Waals surface area contributed by atoms with Gasteiger partial charge in [0.05, 0.1) is 31.7 Å². The number of hydrogen-bond acceptors (Lipinski definition) is 6. The number of nitrogens with zero attached hydrogens (tertiary/aromatic N) is 3. The average Bonchev–Trinajstić information content (AvgIpc) is 3.19. The summed E-state index contributed by atoms with van der Waals surface area (Å²) >= 11 is 0. The van der Waals surface area contributed by atoms with Crippen molar-refractivity contribution in [3.63, 3.8) is 0 Å². The predicted octanol–water partition coefficient (Wildman–Crippen LogP) is 3.42. The monoisotopic (exact) mass is 397 g/mol. The lowest BCUT2D eigenvalue weighted by Crippen LogP contribution is -2.09. The molecule has 0 saturated heterocycles. The van der Waals surface area contributed by atoms with E-state index >= 15 is 0 Å². The second kappa shape index (κ2) is 8.64. The standard InChI is InChI=1S/C21H23N3O5/c1-4-5-6-14-12-16(24-19(23-14)7-8-22-24)15(21(26)27)9-13-10-17(28-2)20(25)18(11-13)29-3/h7-12,25H,4-6H2,1-3H3,(H,26,27)/b15-9-.